The molecule has 0 aliphatic carbocycles. The molecule has 0 spiro atoms. The van der Waals surface area contributed by atoms with Gasteiger partial charge in [0, 0.05) is 20.1 Å². The van der Waals surface area contributed by atoms with Crippen LogP contribution in [0.25, 0.3) is 21.5 Å². The Morgan fingerprint density at radius 3 is 1.17 bits per heavy atom. The zero-order valence-electron chi connectivity index (χ0n) is 15.0. The Bertz CT molecular complexity index is 1110. The zero-order valence-corrected chi connectivity index (χ0v) is 23.7. The predicted octanol–water partition coefficient (Wildman–Crippen LogP) is 3.93. The van der Waals surface area contributed by atoms with Gasteiger partial charge >= 0.3 is 27.7 Å². The minimum atomic E-state index is -1.14. The van der Waals surface area contributed by atoms with E-state index in [1.54, 1.807) is 48.5 Å². The van der Waals surface area contributed by atoms with Gasteiger partial charge in [-0.25, -0.2) is 0 Å². The first-order valence-corrected chi connectivity index (χ1v) is 9.76. The Labute approximate surface area is 204 Å². The van der Waals surface area contributed by atoms with Gasteiger partial charge in [0.05, 0.1) is 11.9 Å². The van der Waals surface area contributed by atoms with Crippen LogP contribution in [0, 0.1) is 0 Å². The molecule has 0 unspecified atom stereocenters. The Hall–Kier alpha value is -1.76. The van der Waals surface area contributed by atoms with Crippen LogP contribution in [0.4, 0.5) is 0 Å². The first-order chi connectivity index (χ1) is 13.4. The summed E-state index contributed by atoms with van der Waals surface area (Å²) in [6.07, 6.45) is 0. The van der Waals surface area contributed by atoms with Gasteiger partial charge in [0.1, 0.15) is 0 Å². The van der Waals surface area contributed by atoms with Crippen molar-refractivity contribution in [2.75, 3.05) is 0 Å². The molecule has 4 nitrogen and oxygen atoms in total. The fraction of sp³-hybridized carbons (Fsp3) is 0. The molecule has 0 saturated heterocycles. The van der Waals surface area contributed by atoms with Gasteiger partial charge in [-0.15, -0.1) is 0 Å². The quantitative estimate of drug-likeness (QED) is 0.297. The molecule has 0 saturated carbocycles. The van der Waals surface area contributed by atoms with Crippen LogP contribution in [0.1, 0.15) is 20.7 Å². The molecule has 4 rings (SSSR count). The standard InChI is InChI=1S/2C11H7BrO2.Hg/c2*12-10-6-5-9(11(13)14)7-3-1-2-4-8(7)10;/h2*1-6H,(H,13,14);/q;;+2/p-2. The van der Waals surface area contributed by atoms with Crippen molar-refractivity contribution in [1.29, 1.82) is 0 Å². The number of fused-ring (bicyclic) bond motifs is 2. The molecular formula is C22H12Br2HgO4. The summed E-state index contributed by atoms with van der Waals surface area (Å²) >= 11 is 6.73. The first-order valence-electron chi connectivity index (χ1n) is 8.17. The van der Waals surface area contributed by atoms with Gasteiger partial charge in [-0.05, 0) is 33.7 Å². The summed E-state index contributed by atoms with van der Waals surface area (Å²) in [5.41, 5.74) is 0.451. The Balaban J connectivity index is 0.000000200. The van der Waals surface area contributed by atoms with Crippen LogP contribution >= 0.6 is 31.9 Å². The minimum Gasteiger partial charge on any atom is -0.545 e. The van der Waals surface area contributed by atoms with E-state index >= 15 is 0 Å². The third-order valence-electron chi connectivity index (χ3n) is 4.18. The van der Waals surface area contributed by atoms with E-state index in [9.17, 15) is 19.8 Å². The second-order valence-corrected chi connectivity index (χ2v) is 7.56. The average Bonchev–Trinajstić information content (AvgIpc) is 2.69. The number of carboxylic acid groups (broad SMARTS) is 2. The minimum absolute atomic E-state index is 0. The van der Waals surface area contributed by atoms with Crippen molar-refractivity contribution in [3.8, 4) is 0 Å². The number of aromatic carboxylic acids is 2. The van der Waals surface area contributed by atoms with Crippen LogP contribution in [0.3, 0.4) is 0 Å². The molecular weight excluding hydrogens is 689 g/mol. The topological polar surface area (TPSA) is 80.3 Å². The molecule has 0 aliphatic heterocycles. The molecule has 0 radical (unpaired) electrons. The van der Waals surface area contributed by atoms with Gasteiger partial charge in [0.2, 0.25) is 0 Å². The van der Waals surface area contributed by atoms with Gasteiger partial charge in [-0.1, -0.05) is 92.5 Å². The maximum absolute atomic E-state index is 10.8. The Morgan fingerprint density at radius 2 is 0.862 bits per heavy atom. The van der Waals surface area contributed by atoms with E-state index in [2.05, 4.69) is 31.9 Å². The second-order valence-electron chi connectivity index (χ2n) is 5.86. The van der Waals surface area contributed by atoms with E-state index in [0.717, 1.165) is 19.7 Å². The number of halogens is 2. The number of carbonyl (C=O) groups excluding carboxylic acids is 2. The smallest absolute Gasteiger partial charge is 0.545 e. The maximum atomic E-state index is 10.8. The zero-order chi connectivity index (χ0) is 20.3. The maximum Gasteiger partial charge on any atom is 2.00 e. The summed E-state index contributed by atoms with van der Waals surface area (Å²) in [6.45, 7) is 0. The molecule has 4 aromatic rings. The number of hydrogen-bond donors (Lipinski definition) is 0. The molecule has 0 atom stereocenters. The largest absolute Gasteiger partial charge is 2.00 e. The van der Waals surface area contributed by atoms with E-state index in [4.69, 9.17) is 0 Å². The van der Waals surface area contributed by atoms with Crippen LogP contribution in [-0.2, 0) is 27.7 Å². The van der Waals surface area contributed by atoms with E-state index in [0.29, 0.717) is 10.8 Å². The van der Waals surface area contributed by atoms with Crippen molar-refractivity contribution in [1.82, 2.24) is 0 Å². The van der Waals surface area contributed by atoms with Crippen molar-refractivity contribution >= 4 is 65.3 Å². The van der Waals surface area contributed by atoms with Gasteiger partial charge in [-0.2, -0.15) is 0 Å². The van der Waals surface area contributed by atoms with Gasteiger partial charge in [0.15, 0.2) is 0 Å². The summed E-state index contributed by atoms with van der Waals surface area (Å²) < 4.78 is 1.77. The van der Waals surface area contributed by atoms with E-state index < -0.39 is 11.9 Å². The third kappa shape index (κ3) is 5.24. The normalized spacial score (nSPS) is 10.0. The summed E-state index contributed by atoms with van der Waals surface area (Å²) in [7, 11) is 0. The monoisotopic (exact) mass is 700 g/mol. The van der Waals surface area contributed by atoms with E-state index in [1.165, 1.54) is 0 Å². The average molecular weight is 701 g/mol. The van der Waals surface area contributed by atoms with E-state index in [-0.39, 0.29) is 38.8 Å². The third-order valence-corrected chi connectivity index (χ3v) is 5.56. The van der Waals surface area contributed by atoms with Crippen LogP contribution in [0.15, 0.2) is 81.7 Å². The Morgan fingerprint density at radius 1 is 0.552 bits per heavy atom. The van der Waals surface area contributed by atoms with Crippen molar-refractivity contribution in [3.05, 3.63) is 92.9 Å². The number of benzene rings is 4. The molecule has 0 aromatic heterocycles. The molecule has 0 aliphatic rings. The molecule has 0 fully saturated rings. The summed E-state index contributed by atoms with van der Waals surface area (Å²) in [5.74, 6) is -2.29. The van der Waals surface area contributed by atoms with Crippen LogP contribution in [0.2, 0.25) is 0 Å². The molecule has 0 amide bonds. The fourth-order valence-corrected chi connectivity index (χ4v) is 3.84. The van der Waals surface area contributed by atoms with Gasteiger partial charge in [-0.3, -0.25) is 0 Å². The van der Waals surface area contributed by atoms with Crippen molar-refractivity contribution in [2.45, 2.75) is 0 Å². The van der Waals surface area contributed by atoms with Gasteiger partial charge < -0.3 is 19.8 Å². The molecule has 0 bridgehead atoms. The van der Waals surface area contributed by atoms with E-state index in [1.807, 2.05) is 24.3 Å². The van der Waals surface area contributed by atoms with Crippen LogP contribution in [-0.4, -0.2) is 11.9 Å². The molecule has 0 heterocycles. The van der Waals surface area contributed by atoms with Crippen molar-refractivity contribution < 1.29 is 47.5 Å². The summed E-state index contributed by atoms with van der Waals surface area (Å²) in [6, 6.07) is 21.1. The summed E-state index contributed by atoms with van der Waals surface area (Å²) in [5, 5.41) is 24.8. The fourth-order valence-electron chi connectivity index (χ4n) is 2.88. The predicted molar refractivity (Wildman–Crippen MR) is 112 cm³/mol. The van der Waals surface area contributed by atoms with Gasteiger partial charge in [0.25, 0.3) is 0 Å². The molecule has 0 N–H and O–H groups in total. The van der Waals surface area contributed by atoms with Crippen LogP contribution in [0.5, 0.6) is 0 Å². The van der Waals surface area contributed by atoms with Crippen LogP contribution < -0.4 is 10.2 Å². The van der Waals surface area contributed by atoms with Crippen molar-refractivity contribution in [3.63, 3.8) is 0 Å². The molecule has 29 heavy (non-hydrogen) atoms. The molecule has 7 heteroatoms. The number of carboxylic acids is 2. The summed E-state index contributed by atoms with van der Waals surface area (Å²) in [4.78, 5) is 21.6. The second kappa shape index (κ2) is 10.3. The number of rotatable bonds is 2. The SMILES string of the molecule is O=C([O-])c1ccc(Br)c2ccccc12.O=C([O-])c1ccc(Br)c2ccccc12.[Hg+2]. The number of carbonyl (C=O) groups is 2. The molecule has 140 valence electrons. The van der Waals surface area contributed by atoms with Crippen molar-refractivity contribution in [2.24, 2.45) is 0 Å². The number of hydrogen-bond acceptors (Lipinski definition) is 4. The molecule has 4 aromatic carbocycles. The Kier molecular flexibility index (Phi) is 8.37. The first kappa shape index (κ1) is 23.5.